The standard InChI is InChI=1S/C29H30Cl2N2O6S/c1-5-6-11-38-22-10-8-19(14-23(22)37-4)26-25(28(35)39-13-12-36-3)17(2)32-29-33(26)27(34)24(40-29)15-18-7-9-20(30)16-21(18)31/h7-10,14-16,26H,5-6,11-13H2,1-4H3/b24-15-. The number of allylic oxidation sites excluding steroid dienone is 1. The fourth-order valence-corrected chi connectivity index (χ4v) is 5.75. The molecule has 0 saturated heterocycles. The number of benzene rings is 2. The number of aromatic nitrogens is 1. The molecule has 0 fully saturated rings. The monoisotopic (exact) mass is 604 g/mol. The van der Waals surface area contributed by atoms with Gasteiger partial charge in [-0.25, -0.2) is 9.79 Å². The summed E-state index contributed by atoms with van der Waals surface area (Å²) in [5, 5.41) is 0.906. The Kier molecular flexibility index (Phi) is 10.1. The van der Waals surface area contributed by atoms with Crippen LogP contribution in [0.2, 0.25) is 10.0 Å². The number of carbonyl (C=O) groups is 1. The van der Waals surface area contributed by atoms with Crippen LogP contribution in [0.3, 0.4) is 0 Å². The van der Waals surface area contributed by atoms with Crippen LogP contribution in [0.15, 0.2) is 57.5 Å². The predicted molar refractivity (Wildman–Crippen MR) is 156 cm³/mol. The van der Waals surface area contributed by atoms with Gasteiger partial charge in [-0.05, 0) is 54.8 Å². The summed E-state index contributed by atoms with van der Waals surface area (Å²) < 4.78 is 23.9. The van der Waals surface area contributed by atoms with Crippen molar-refractivity contribution in [2.45, 2.75) is 32.7 Å². The molecule has 8 nitrogen and oxygen atoms in total. The van der Waals surface area contributed by atoms with Crippen molar-refractivity contribution in [3.8, 4) is 11.5 Å². The molecule has 1 aliphatic rings. The second-order valence-electron chi connectivity index (χ2n) is 8.99. The van der Waals surface area contributed by atoms with E-state index in [0.29, 0.717) is 54.3 Å². The number of rotatable bonds is 11. The Morgan fingerprint density at radius 2 is 1.90 bits per heavy atom. The fraction of sp³-hybridized carbons (Fsp3) is 0.345. The van der Waals surface area contributed by atoms with E-state index in [4.69, 9.17) is 42.1 Å². The van der Waals surface area contributed by atoms with Gasteiger partial charge in [0.15, 0.2) is 16.3 Å². The summed E-state index contributed by atoms with van der Waals surface area (Å²) in [6, 6.07) is 9.64. The van der Waals surface area contributed by atoms with Crippen LogP contribution in [-0.2, 0) is 14.3 Å². The van der Waals surface area contributed by atoms with Crippen LogP contribution >= 0.6 is 34.5 Å². The minimum atomic E-state index is -0.812. The fourth-order valence-electron chi connectivity index (χ4n) is 4.25. The normalized spacial score (nSPS) is 15.1. The van der Waals surface area contributed by atoms with Gasteiger partial charge in [-0.2, -0.15) is 0 Å². The molecular formula is C29H30Cl2N2O6S. The molecule has 0 amide bonds. The number of fused-ring (bicyclic) bond motifs is 1. The second kappa shape index (κ2) is 13.5. The zero-order valence-electron chi connectivity index (χ0n) is 22.7. The number of nitrogens with zero attached hydrogens (tertiary/aromatic N) is 2. The number of hydrogen-bond acceptors (Lipinski definition) is 8. The average Bonchev–Trinajstić information content (AvgIpc) is 3.23. The van der Waals surface area contributed by atoms with Gasteiger partial charge in [-0.3, -0.25) is 9.36 Å². The second-order valence-corrected chi connectivity index (χ2v) is 10.8. The van der Waals surface area contributed by atoms with Gasteiger partial charge in [0.2, 0.25) is 0 Å². The van der Waals surface area contributed by atoms with E-state index < -0.39 is 12.0 Å². The third-order valence-electron chi connectivity index (χ3n) is 6.27. The van der Waals surface area contributed by atoms with Gasteiger partial charge >= 0.3 is 5.97 Å². The maximum absolute atomic E-state index is 13.9. The Balaban J connectivity index is 1.88. The minimum Gasteiger partial charge on any atom is -0.493 e. The lowest BCUT2D eigenvalue weighted by Gasteiger charge is -2.25. The molecule has 2 heterocycles. The average molecular weight is 606 g/mol. The van der Waals surface area contributed by atoms with Gasteiger partial charge in [0.05, 0.1) is 42.2 Å². The first-order chi connectivity index (χ1) is 19.3. The van der Waals surface area contributed by atoms with E-state index in [9.17, 15) is 9.59 Å². The van der Waals surface area contributed by atoms with Crippen molar-refractivity contribution in [1.29, 1.82) is 0 Å². The summed E-state index contributed by atoms with van der Waals surface area (Å²) in [6.07, 6.45) is 3.59. The topological polar surface area (TPSA) is 88.4 Å². The van der Waals surface area contributed by atoms with Crippen LogP contribution in [0.25, 0.3) is 6.08 Å². The predicted octanol–water partition coefficient (Wildman–Crippen LogP) is 4.92. The van der Waals surface area contributed by atoms with Gasteiger partial charge in [0.1, 0.15) is 6.61 Å². The Labute approximate surface area is 246 Å². The highest BCUT2D eigenvalue weighted by Crippen LogP contribution is 2.36. The Bertz CT molecular complexity index is 1610. The molecule has 0 N–H and O–H groups in total. The van der Waals surface area contributed by atoms with Crippen LogP contribution in [-0.4, -0.2) is 44.6 Å². The Hall–Kier alpha value is -3.11. The van der Waals surface area contributed by atoms with Crippen LogP contribution in [0.5, 0.6) is 11.5 Å². The van der Waals surface area contributed by atoms with Crippen molar-refractivity contribution < 1.29 is 23.7 Å². The van der Waals surface area contributed by atoms with Crippen LogP contribution in [0, 0.1) is 0 Å². The van der Waals surface area contributed by atoms with Gasteiger partial charge < -0.3 is 18.9 Å². The zero-order chi connectivity index (χ0) is 28.8. The Morgan fingerprint density at radius 3 is 2.60 bits per heavy atom. The van der Waals surface area contributed by atoms with Crippen LogP contribution < -0.4 is 24.4 Å². The van der Waals surface area contributed by atoms with Crippen LogP contribution in [0.4, 0.5) is 0 Å². The molecule has 2 aromatic carbocycles. The molecule has 0 radical (unpaired) electrons. The zero-order valence-corrected chi connectivity index (χ0v) is 25.0. The van der Waals surface area contributed by atoms with Crippen LogP contribution in [0.1, 0.15) is 43.9 Å². The number of ether oxygens (including phenoxy) is 4. The van der Waals surface area contributed by atoms with Crippen molar-refractivity contribution in [2.24, 2.45) is 4.99 Å². The van der Waals surface area contributed by atoms with E-state index in [0.717, 1.165) is 12.8 Å². The highest BCUT2D eigenvalue weighted by molar-refractivity contribution is 7.07. The molecule has 212 valence electrons. The van der Waals surface area contributed by atoms with Gasteiger partial charge in [0.25, 0.3) is 5.56 Å². The van der Waals surface area contributed by atoms with Gasteiger partial charge in [-0.1, -0.05) is 60.0 Å². The third-order valence-corrected chi connectivity index (χ3v) is 7.82. The first-order valence-electron chi connectivity index (χ1n) is 12.7. The molecule has 1 aliphatic heterocycles. The largest absolute Gasteiger partial charge is 0.493 e. The molecule has 0 bridgehead atoms. The maximum atomic E-state index is 13.9. The lowest BCUT2D eigenvalue weighted by Crippen LogP contribution is -2.40. The molecule has 1 aromatic heterocycles. The number of halogens is 2. The Morgan fingerprint density at radius 1 is 1.10 bits per heavy atom. The van der Waals surface area contributed by atoms with E-state index in [2.05, 4.69) is 11.9 Å². The number of unbranched alkanes of at least 4 members (excludes halogenated alkanes) is 1. The molecule has 11 heteroatoms. The van der Waals surface area contributed by atoms with E-state index in [1.54, 1.807) is 50.4 Å². The summed E-state index contributed by atoms with van der Waals surface area (Å²) in [4.78, 5) is 32.3. The van der Waals surface area contributed by atoms with Gasteiger partial charge in [-0.15, -0.1) is 0 Å². The van der Waals surface area contributed by atoms with Gasteiger partial charge in [0, 0.05) is 17.2 Å². The van der Waals surface area contributed by atoms with Crippen molar-refractivity contribution >= 4 is 46.6 Å². The number of esters is 1. The summed E-state index contributed by atoms with van der Waals surface area (Å²) >= 11 is 13.6. The molecule has 1 atom stereocenters. The van der Waals surface area contributed by atoms with Crippen molar-refractivity contribution in [2.75, 3.05) is 34.0 Å². The molecule has 0 saturated carbocycles. The van der Waals surface area contributed by atoms with Crippen molar-refractivity contribution in [3.63, 3.8) is 0 Å². The van der Waals surface area contributed by atoms with E-state index in [-0.39, 0.29) is 24.3 Å². The lowest BCUT2D eigenvalue weighted by atomic mass is 9.95. The van der Waals surface area contributed by atoms with E-state index >= 15 is 0 Å². The van der Waals surface area contributed by atoms with E-state index in [1.165, 1.54) is 23.0 Å². The van der Waals surface area contributed by atoms with Crippen molar-refractivity contribution in [1.82, 2.24) is 4.57 Å². The third kappa shape index (κ3) is 6.44. The number of hydrogen-bond donors (Lipinski definition) is 0. The summed E-state index contributed by atoms with van der Waals surface area (Å²) in [7, 11) is 3.07. The molecule has 3 aromatic rings. The summed E-state index contributed by atoms with van der Waals surface area (Å²) in [5.41, 5.74) is 1.66. The minimum absolute atomic E-state index is 0.0614. The molecule has 0 aliphatic carbocycles. The highest BCUT2D eigenvalue weighted by Gasteiger charge is 2.34. The smallest absolute Gasteiger partial charge is 0.338 e. The first kappa shape index (κ1) is 29.9. The maximum Gasteiger partial charge on any atom is 0.338 e. The number of thiazole rings is 1. The molecule has 40 heavy (non-hydrogen) atoms. The number of methoxy groups -OCH3 is 2. The molecule has 0 spiro atoms. The summed E-state index contributed by atoms with van der Waals surface area (Å²) in [5.74, 6) is 0.486. The molecule has 4 rings (SSSR count). The highest BCUT2D eigenvalue weighted by atomic mass is 35.5. The first-order valence-corrected chi connectivity index (χ1v) is 14.3. The SMILES string of the molecule is CCCCOc1ccc(C2C(C(=O)OCCOC)=C(C)N=c3s/c(=C\c4ccc(Cl)cc4Cl)c(=O)n32)cc1OC. The van der Waals surface area contributed by atoms with E-state index in [1.807, 2.05) is 6.07 Å². The molecular weight excluding hydrogens is 575 g/mol. The van der Waals surface area contributed by atoms with Crippen molar-refractivity contribution in [3.05, 3.63) is 88.5 Å². The quantitative estimate of drug-likeness (QED) is 0.228. The molecule has 1 unspecified atom stereocenters. The summed E-state index contributed by atoms with van der Waals surface area (Å²) in [6.45, 7) is 4.66. The number of carbonyl (C=O) groups excluding carboxylic acids is 1. The lowest BCUT2D eigenvalue weighted by molar-refractivity contribution is -0.140.